The lowest BCUT2D eigenvalue weighted by Crippen LogP contribution is -2.10. The molecule has 20 heavy (non-hydrogen) atoms. The average molecular weight is 291 g/mol. The summed E-state index contributed by atoms with van der Waals surface area (Å²) in [5.74, 6) is -0.221. The first kappa shape index (κ1) is 14.2. The number of benzene rings is 1. The van der Waals surface area contributed by atoms with Crippen molar-refractivity contribution in [3.8, 4) is 5.88 Å². The Morgan fingerprint density at radius 2 is 1.75 bits per heavy atom. The van der Waals surface area contributed by atoms with Crippen molar-refractivity contribution in [2.24, 2.45) is 0 Å². The first-order valence-corrected chi connectivity index (χ1v) is 7.27. The number of rotatable bonds is 4. The van der Waals surface area contributed by atoms with Gasteiger partial charge in [-0.1, -0.05) is 17.7 Å². The molecular formula is C14H13NO4S. The lowest BCUT2D eigenvalue weighted by Gasteiger charge is -2.06. The molecule has 0 amide bonds. The van der Waals surface area contributed by atoms with Crippen molar-refractivity contribution >= 4 is 15.9 Å². The van der Waals surface area contributed by atoms with Gasteiger partial charge in [0.2, 0.25) is 5.88 Å². The van der Waals surface area contributed by atoms with E-state index in [0.29, 0.717) is 5.56 Å². The van der Waals surface area contributed by atoms with E-state index in [1.54, 1.807) is 12.1 Å². The normalized spacial score (nSPS) is 11.1. The van der Waals surface area contributed by atoms with Gasteiger partial charge in [0.05, 0.1) is 0 Å². The molecule has 104 valence electrons. The van der Waals surface area contributed by atoms with E-state index in [1.807, 2.05) is 6.92 Å². The minimum atomic E-state index is -3.91. The Morgan fingerprint density at radius 3 is 2.25 bits per heavy atom. The summed E-state index contributed by atoms with van der Waals surface area (Å²) >= 11 is 0. The van der Waals surface area contributed by atoms with E-state index in [4.69, 9.17) is 4.18 Å². The Labute approximate surface area is 117 Å². The smallest absolute Gasteiger partial charge is 0.340 e. The molecule has 0 fully saturated rings. The van der Waals surface area contributed by atoms with Crippen molar-refractivity contribution in [3.63, 3.8) is 0 Å². The Kier molecular flexibility index (Phi) is 3.85. The second-order valence-corrected chi connectivity index (χ2v) is 5.84. The second-order valence-electron chi connectivity index (χ2n) is 4.29. The molecule has 0 saturated carbocycles. The molecule has 5 nitrogen and oxygen atoms in total. The van der Waals surface area contributed by atoms with Crippen molar-refractivity contribution < 1.29 is 17.4 Å². The van der Waals surface area contributed by atoms with Gasteiger partial charge in [0.25, 0.3) is 0 Å². The van der Waals surface area contributed by atoms with Crippen LogP contribution in [0.3, 0.4) is 0 Å². The van der Waals surface area contributed by atoms with Gasteiger partial charge in [0, 0.05) is 17.8 Å². The predicted octanol–water partition coefficient (Wildman–Crippen LogP) is 2.36. The zero-order chi connectivity index (χ0) is 14.8. The Hall–Kier alpha value is -2.21. The van der Waals surface area contributed by atoms with Crippen molar-refractivity contribution in [2.45, 2.75) is 18.7 Å². The summed E-state index contributed by atoms with van der Waals surface area (Å²) in [4.78, 5) is 15.0. The van der Waals surface area contributed by atoms with Gasteiger partial charge in [0.15, 0.2) is 5.78 Å². The van der Waals surface area contributed by atoms with Crippen LogP contribution in [0.4, 0.5) is 0 Å². The minimum Gasteiger partial charge on any atom is -0.358 e. The Bertz CT molecular complexity index is 719. The van der Waals surface area contributed by atoms with E-state index in [0.717, 1.165) is 5.56 Å². The van der Waals surface area contributed by atoms with Gasteiger partial charge in [-0.15, -0.1) is 0 Å². The number of pyridine rings is 1. The summed E-state index contributed by atoms with van der Waals surface area (Å²) in [6.07, 6.45) is 1.28. The SMILES string of the molecule is CC(=O)c1ccc(OS(=O)(=O)c2ccc(C)cc2)nc1. The summed E-state index contributed by atoms with van der Waals surface area (Å²) in [6, 6.07) is 9.12. The first-order valence-electron chi connectivity index (χ1n) is 5.86. The molecule has 0 saturated heterocycles. The topological polar surface area (TPSA) is 73.3 Å². The molecule has 1 heterocycles. The van der Waals surface area contributed by atoms with Gasteiger partial charge in [-0.2, -0.15) is 8.42 Å². The van der Waals surface area contributed by atoms with Crippen LogP contribution in [0.1, 0.15) is 22.8 Å². The molecule has 0 aliphatic heterocycles. The molecule has 0 bridgehead atoms. The van der Waals surface area contributed by atoms with Crippen molar-refractivity contribution in [3.05, 3.63) is 53.7 Å². The van der Waals surface area contributed by atoms with Gasteiger partial charge >= 0.3 is 10.1 Å². The fraction of sp³-hybridized carbons (Fsp3) is 0.143. The van der Waals surface area contributed by atoms with Crippen molar-refractivity contribution in [1.29, 1.82) is 0 Å². The van der Waals surface area contributed by atoms with Gasteiger partial charge < -0.3 is 4.18 Å². The van der Waals surface area contributed by atoms with E-state index >= 15 is 0 Å². The number of Topliss-reactive ketones (excluding diaryl/α,β-unsaturated/α-hetero) is 1. The highest BCUT2D eigenvalue weighted by atomic mass is 32.2. The third-order valence-electron chi connectivity index (χ3n) is 2.65. The summed E-state index contributed by atoms with van der Waals surface area (Å²) in [5, 5.41) is 0. The molecule has 2 aromatic rings. The van der Waals surface area contributed by atoms with E-state index < -0.39 is 10.1 Å². The molecule has 1 aromatic heterocycles. The molecule has 0 aliphatic carbocycles. The molecule has 0 radical (unpaired) electrons. The van der Waals surface area contributed by atoms with Gasteiger partial charge in [-0.3, -0.25) is 4.79 Å². The summed E-state index contributed by atoms with van der Waals surface area (Å²) in [6.45, 7) is 3.26. The first-order chi connectivity index (χ1) is 9.38. The molecule has 1 aromatic carbocycles. The van der Waals surface area contributed by atoms with Crippen LogP contribution in [0.5, 0.6) is 5.88 Å². The number of nitrogens with zero attached hydrogens (tertiary/aromatic N) is 1. The molecule has 0 unspecified atom stereocenters. The van der Waals surface area contributed by atoms with Crippen LogP contribution in [0.15, 0.2) is 47.5 Å². The van der Waals surface area contributed by atoms with E-state index in [2.05, 4.69) is 4.98 Å². The zero-order valence-corrected chi connectivity index (χ0v) is 11.8. The van der Waals surface area contributed by atoms with Crippen LogP contribution in [-0.2, 0) is 10.1 Å². The fourth-order valence-electron chi connectivity index (χ4n) is 1.50. The van der Waals surface area contributed by atoms with E-state index in [-0.39, 0.29) is 16.6 Å². The van der Waals surface area contributed by atoms with Crippen LogP contribution in [0.25, 0.3) is 0 Å². The maximum absolute atomic E-state index is 12.0. The molecular weight excluding hydrogens is 278 g/mol. The van der Waals surface area contributed by atoms with Crippen LogP contribution in [0.2, 0.25) is 0 Å². The van der Waals surface area contributed by atoms with E-state index in [1.165, 1.54) is 37.4 Å². The van der Waals surface area contributed by atoms with Crippen LogP contribution >= 0.6 is 0 Å². The van der Waals surface area contributed by atoms with Crippen LogP contribution in [-0.4, -0.2) is 19.2 Å². The number of aromatic nitrogens is 1. The molecule has 0 aliphatic rings. The van der Waals surface area contributed by atoms with Crippen molar-refractivity contribution in [1.82, 2.24) is 4.98 Å². The molecule has 2 rings (SSSR count). The quantitative estimate of drug-likeness (QED) is 0.638. The third kappa shape index (κ3) is 3.21. The average Bonchev–Trinajstić information content (AvgIpc) is 2.39. The van der Waals surface area contributed by atoms with E-state index in [9.17, 15) is 13.2 Å². The molecule has 0 atom stereocenters. The molecule has 0 N–H and O–H groups in total. The number of ketones is 1. The standard InChI is InChI=1S/C14H13NO4S/c1-10-3-6-13(7-4-10)20(17,18)19-14-8-5-12(9-15-14)11(2)16/h3-9H,1-2H3. The zero-order valence-electron chi connectivity index (χ0n) is 11.0. The Morgan fingerprint density at radius 1 is 1.10 bits per heavy atom. The predicted molar refractivity (Wildman–Crippen MR) is 73.2 cm³/mol. The lowest BCUT2D eigenvalue weighted by molar-refractivity contribution is 0.101. The molecule has 6 heteroatoms. The molecule has 0 spiro atoms. The highest BCUT2D eigenvalue weighted by Crippen LogP contribution is 2.17. The van der Waals surface area contributed by atoms with Crippen LogP contribution < -0.4 is 4.18 Å². The Balaban J connectivity index is 2.24. The van der Waals surface area contributed by atoms with Gasteiger partial charge in [0.1, 0.15) is 4.90 Å². The number of carbonyl (C=O) groups excluding carboxylic acids is 1. The summed E-state index contributed by atoms with van der Waals surface area (Å²) in [5.41, 5.74) is 1.35. The number of aryl methyl sites for hydroxylation is 1. The van der Waals surface area contributed by atoms with Gasteiger partial charge in [-0.25, -0.2) is 4.98 Å². The lowest BCUT2D eigenvalue weighted by atomic mass is 10.2. The second kappa shape index (κ2) is 5.42. The highest BCUT2D eigenvalue weighted by molar-refractivity contribution is 7.87. The summed E-state index contributed by atoms with van der Waals surface area (Å²) in [7, 11) is -3.91. The highest BCUT2D eigenvalue weighted by Gasteiger charge is 2.17. The van der Waals surface area contributed by atoms with Gasteiger partial charge in [-0.05, 0) is 32.0 Å². The monoisotopic (exact) mass is 291 g/mol. The minimum absolute atomic E-state index is 0.0561. The fourth-order valence-corrected chi connectivity index (χ4v) is 2.39. The summed E-state index contributed by atoms with van der Waals surface area (Å²) < 4.78 is 28.9. The maximum atomic E-state index is 12.0. The largest absolute Gasteiger partial charge is 0.358 e. The third-order valence-corrected chi connectivity index (χ3v) is 3.89. The van der Waals surface area contributed by atoms with Crippen molar-refractivity contribution in [2.75, 3.05) is 0 Å². The number of hydrogen-bond donors (Lipinski definition) is 0. The number of hydrogen-bond acceptors (Lipinski definition) is 5. The maximum Gasteiger partial charge on any atom is 0.340 e. The van der Waals surface area contributed by atoms with Crippen LogP contribution in [0, 0.1) is 6.92 Å². The number of carbonyl (C=O) groups is 1.